The Bertz CT molecular complexity index is 3260. The van der Waals surface area contributed by atoms with Crippen molar-refractivity contribution >= 4 is 82.9 Å². The van der Waals surface area contributed by atoms with Crippen LogP contribution in [-0.2, 0) is 0 Å². The van der Waals surface area contributed by atoms with Gasteiger partial charge in [0, 0.05) is 44.5 Å². The van der Waals surface area contributed by atoms with Gasteiger partial charge in [-0.15, -0.1) is 0 Å². The van der Waals surface area contributed by atoms with Gasteiger partial charge in [-0.2, -0.15) is 0 Å². The molecule has 0 amide bonds. The van der Waals surface area contributed by atoms with E-state index in [1.807, 2.05) is 36.4 Å². The van der Waals surface area contributed by atoms with E-state index < -0.39 is 6.17 Å². The molecule has 56 heavy (non-hydrogen) atoms. The predicted octanol–water partition coefficient (Wildman–Crippen LogP) is 12.1. The van der Waals surface area contributed by atoms with Crippen LogP contribution in [0.4, 0.5) is 0 Å². The second kappa shape index (κ2) is 12.5. The molecule has 0 radical (unpaired) electrons. The minimum atomic E-state index is -0.393. The maximum absolute atomic E-state index is 9.01. The van der Waals surface area contributed by atoms with Crippen molar-refractivity contribution in [3.05, 3.63) is 198 Å². The molecule has 0 saturated carbocycles. The molecule has 5 heteroatoms. The zero-order chi connectivity index (χ0) is 37.3. The lowest BCUT2D eigenvalue weighted by Gasteiger charge is -2.27. The van der Waals surface area contributed by atoms with Crippen LogP contribution in [0.3, 0.4) is 0 Å². The summed E-state index contributed by atoms with van der Waals surface area (Å²) in [6.45, 7) is 0. The Labute approximate surface area is 323 Å². The van der Waals surface area contributed by atoms with Crippen molar-refractivity contribution in [3.8, 4) is 11.3 Å². The minimum Gasteiger partial charge on any atom is -0.359 e. The van der Waals surface area contributed by atoms with E-state index >= 15 is 0 Å². The van der Waals surface area contributed by atoms with Crippen molar-refractivity contribution in [1.82, 2.24) is 10.3 Å². The van der Waals surface area contributed by atoms with Gasteiger partial charge in [0.15, 0.2) is 0 Å². The van der Waals surface area contributed by atoms with Gasteiger partial charge in [-0.3, -0.25) is 15.8 Å². The highest BCUT2D eigenvalue weighted by Gasteiger charge is 2.26. The molecule has 1 atom stereocenters. The molecule has 11 rings (SSSR count). The Hall–Kier alpha value is -7.50. The van der Waals surface area contributed by atoms with Crippen LogP contribution >= 0.6 is 0 Å². The molecule has 0 spiro atoms. The van der Waals surface area contributed by atoms with E-state index in [2.05, 4.69) is 139 Å². The number of nitrogens with zero attached hydrogens (tertiary/aromatic N) is 2. The van der Waals surface area contributed by atoms with Gasteiger partial charge in [0.25, 0.3) is 0 Å². The highest BCUT2D eigenvalue weighted by atomic mass is 15.1. The van der Waals surface area contributed by atoms with Crippen molar-refractivity contribution in [1.29, 1.82) is 10.8 Å². The molecule has 0 saturated heterocycles. The summed E-state index contributed by atoms with van der Waals surface area (Å²) in [6.07, 6.45) is 5.41. The van der Waals surface area contributed by atoms with Crippen LogP contribution in [0.1, 0.15) is 34.0 Å². The summed E-state index contributed by atoms with van der Waals surface area (Å²) in [4.78, 5) is 10.8. The molecule has 5 nitrogen and oxygen atoms in total. The molecule has 9 aromatic rings. The lowest BCUT2D eigenvalue weighted by Crippen LogP contribution is -2.25. The second-order valence-corrected chi connectivity index (χ2v) is 14.5. The molecule has 3 N–H and O–H groups in total. The van der Waals surface area contributed by atoms with E-state index in [1.54, 1.807) is 6.08 Å². The normalized spacial score (nSPS) is 15.3. The third kappa shape index (κ3) is 5.02. The fourth-order valence-electron chi connectivity index (χ4n) is 8.65. The van der Waals surface area contributed by atoms with Gasteiger partial charge in [0.05, 0.1) is 28.3 Å². The van der Waals surface area contributed by atoms with Crippen molar-refractivity contribution in [3.63, 3.8) is 0 Å². The summed E-state index contributed by atoms with van der Waals surface area (Å²) in [5.74, 6) is 0. The molecule has 1 aliphatic carbocycles. The van der Waals surface area contributed by atoms with E-state index in [1.165, 1.54) is 37.7 Å². The van der Waals surface area contributed by atoms with Crippen LogP contribution < -0.4 is 5.32 Å². The average Bonchev–Trinajstić information content (AvgIpc) is 3.26. The number of hydrogen-bond donors (Lipinski definition) is 3. The first-order valence-electron chi connectivity index (χ1n) is 18.9. The average molecular weight is 716 g/mol. The van der Waals surface area contributed by atoms with Gasteiger partial charge in [-0.25, -0.2) is 4.98 Å². The van der Waals surface area contributed by atoms with Crippen molar-refractivity contribution in [2.45, 2.75) is 6.17 Å². The molecule has 0 bridgehead atoms. The maximum Gasteiger partial charge on any atom is 0.146 e. The van der Waals surface area contributed by atoms with Gasteiger partial charge in [-0.1, -0.05) is 140 Å². The van der Waals surface area contributed by atoms with Gasteiger partial charge >= 0.3 is 0 Å². The standard InChI is InChI=1S/C51H33N5/c52-44-25-24-41-48(49(44)53)40-23-22-33(28-46(40)54-50(41)30-12-2-1-3-13-30)45-29-47(42-26-31-14-4-6-16-34(31)36-18-8-10-20-38(36)42)56-51(55-45)43-27-32-15-5-7-17-35(32)37-19-9-11-21-39(37)43/h1-29,51-53,56H. The van der Waals surface area contributed by atoms with Crippen LogP contribution in [0.2, 0.25) is 0 Å². The molecule has 2 aliphatic rings. The third-order valence-electron chi connectivity index (χ3n) is 11.3. The fourth-order valence-corrected chi connectivity index (χ4v) is 8.65. The molecule has 1 unspecified atom stereocenters. The van der Waals surface area contributed by atoms with Gasteiger partial charge < -0.3 is 5.32 Å². The molecule has 8 aromatic carbocycles. The Balaban J connectivity index is 1.16. The minimum absolute atomic E-state index is 0.191. The zero-order valence-corrected chi connectivity index (χ0v) is 30.2. The highest BCUT2D eigenvalue weighted by molar-refractivity contribution is 6.54. The summed E-state index contributed by atoms with van der Waals surface area (Å²) >= 11 is 0. The fraction of sp³-hybridized carbons (Fsp3) is 0.0196. The van der Waals surface area contributed by atoms with E-state index in [9.17, 15) is 0 Å². The third-order valence-corrected chi connectivity index (χ3v) is 11.3. The number of fused-ring (bicyclic) bond motifs is 9. The molecular formula is C51H33N5. The predicted molar refractivity (Wildman–Crippen MR) is 234 cm³/mol. The number of benzene rings is 8. The van der Waals surface area contributed by atoms with Crippen molar-refractivity contribution in [2.75, 3.05) is 0 Å². The topological polar surface area (TPSA) is 85.0 Å². The van der Waals surface area contributed by atoms with Crippen LogP contribution in [0.25, 0.3) is 77.0 Å². The molecule has 2 heterocycles. The molecule has 1 aliphatic heterocycles. The molecule has 1 aromatic heterocycles. The number of rotatable bonds is 4. The first-order chi connectivity index (χ1) is 27.6. The van der Waals surface area contributed by atoms with Crippen LogP contribution in [0.5, 0.6) is 0 Å². The Morgan fingerprint density at radius 2 is 1.14 bits per heavy atom. The van der Waals surface area contributed by atoms with E-state index in [0.717, 1.165) is 66.8 Å². The lowest BCUT2D eigenvalue weighted by molar-refractivity contribution is 0.670. The van der Waals surface area contributed by atoms with Gasteiger partial charge in [0.1, 0.15) is 6.17 Å². The number of aromatic nitrogens is 1. The summed E-state index contributed by atoms with van der Waals surface area (Å²) in [5, 5.41) is 31.8. The largest absolute Gasteiger partial charge is 0.359 e. The molecule has 0 fully saturated rings. The molecular weight excluding hydrogens is 683 g/mol. The second-order valence-electron chi connectivity index (χ2n) is 14.5. The molecule has 262 valence electrons. The van der Waals surface area contributed by atoms with E-state index in [-0.39, 0.29) is 11.4 Å². The summed E-state index contributed by atoms with van der Waals surface area (Å²) in [7, 11) is 0. The van der Waals surface area contributed by atoms with Gasteiger partial charge in [-0.05, 0) is 79.5 Å². The first kappa shape index (κ1) is 32.0. The van der Waals surface area contributed by atoms with Crippen LogP contribution in [0, 0.1) is 10.8 Å². The van der Waals surface area contributed by atoms with Gasteiger partial charge in [0.2, 0.25) is 0 Å². The Morgan fingerprint density at radius 3 is 1.89 bits per heavy atom. The zero-order valence-electron chi connectivity index (χ0n) is 30.2. The first-order valence-corrected chi connectivity index (χ1v) is 18.9. The monoisotopic (exact) mass is 715 g/mol. The number of allylic oxidation sites excluding steroid dienone is 2. The SMILES string of the molecule is N=C1C=Cc2c(-c3ccccc3)nc3cc(C4=NC(c5cc6ccccc6c6ccccc56)NC(c5cc6ccccc6c6ccccc56)=C4)ccc3c2C1=N. The smallest absolute Gasteiger partial charge is 0.146 e. The van der Waals surface area contributed by atoms with E-state index in [0.29, 0.717) is 0 Å². The van der Waals surface area contributed by atoms with Crippen LogP contribution in [-0.4, -0.2) is 22.1 Å². The van der Waals surface area contributed by atoms with E-state index in [4.69, 9.17) is 20.8 Å². The van der Waals surface area contributed by atoms with Crippen molar-refractivity contribution < 1.29 is 0 Å². The quantitative estimate of drug-likeness (QED) is 0.158. The summed E-state index contributed by atoms with van der Waals surface area (Å²) in [6, 6.07) is 55.3. The number of aliphatic imine (C=N–C) groups is 1. The summed E-state index contributed by atoms with van der Waals surface area (Å²) in [5.41, 5.74) is 9.48. The van der Waals surface area contributed by atoms with Crippen molar-refractivity contribution in [2.24, 2.45) is 4.99 Å². The highest BCUT2D eigenvalue weighted by Crippen LogP contribution is 2.39. The Morgan fingerprint density at radius 1 is 0.518 bits per heavy atom. The summed E-state index contributed by atoms with van der Waals surface area (Å²) < 4.78 is 0. The number of hydrogen-bond acceptors (Lipinski definition) is 5. The van der Waals surface area contributed by atoms with Crippen LogP contribution in [0.15, 0.2) is 175 Å². The lowest BCUT2D eigenvalue weighted by atomic mass is 9.87. The number of pyridine rings is 1. The maximum atomic E-state index is 9.01. The number of nitrogens with one attached hydrogen (secondary N) is 3. The Kier molecular flexibility index (Phi) is 7.16.